The fraction of sp³-hybridized carbons (Fsp3) is 0.286. The lowest BCUT2D eigenvalue weighted by Crippen LogP contribution is -2.42. The molecule has 6 rings (SSSR count). The van der Waals surface area contributed by atoms with Crippen molar-refractivity contribution in [3.8, 4) is 11.5 Å². The van der Waals surface area contributed by atoms with Crippen molar-refractivity contribution in [2.45, 2.75) is 24.9 Å². The van der Waals surface area contributed by atoms with Gasteiger partial charge in [-0.25, -0.2) is 0 Å². The van der Waals surface area contributed by atoms with Crippen LogP contribution >= 0.6 is 0 Å². The Morgan fingerprint density at radius 3 is 2.17 bits per heavy atom. The van der Waals surface area contributed by atoms with Crippen molar-refractivity contribution in [2.24, 2.45) is 5.92 Å². The van der Waals surface area contributed by atoms with E-state index < -0.39 is 12.5 Å². The minimum Gasteiger partial charge on any atom is -0.493 e. The third-order valence-corrected chi connectivity index (χ3v) is 7.04. The van der Waals surface area contributed by atoms with Crippen LogP contribution in [0.2, 0.25) is 0 Å². The van der Waals surface area contributed by atoms with Crippen LogP contribution in [0.3, 0.4) is 0 Å². The number of alkyl halides is 2. The molecule has 1 atom stereocenters. The highest BCUT2D eigenvalue weighted by atomic mass is 19.3. The Kier molecular flexibility index (Phi) is 6.59. The quantitative estimate of drug-likeness (QED) is 0.488. The molecule has 3 aliphatic rings. The van der Waals surface area contributed by atoms with Crippen molar-refractivity contribution in [3.05, 3.63) is 94.5 Å². The van der Waals surface area contributed by atoms with Crippen LogP contribution in [0.5, 0.6) is 11.5 Å². The van der Waals surface area contributed by atoms with Crippen molar-refractivity contribution in [3.63, 3.8) is 0 Å². The predicted molar refractivity (Wildman–Crippen MR) is 130 cm³/mol. The molecule has 3 aromatic rings. The molecule has 6 nitrogen and oxygen atoms in total. The molecule has 0 fully saturated rings. The number of halogens is 2. The van der Waals surface area contributed by atoms with Crippen molar-refractivity contribution in [2.75, 3.05) is 20.2 Å². The molecule has 36 heavy (non-hydrogen) atoms. The number of carbonyl (C=O) groups excluding carboxylic acids is 2. The van der Waals surface area contributed by atoms with E-state index in [9.17, 15) is 18.4 Å². The molecular formula is C28H26F2N2O4. The van der Waals surface area contributed by atoms with Crippen molar-refractivity contribution in [1.82, 2.24) is 10.6 Å². The SMILES string of the molecule is COc1cc(C(=O)NCC(=O)NCC2CC3c4ccccc4C2c2ccccc23)ccc1OC(F)F. The maximum Gasteiger partial charge on any atom is 0.387 e. The number of hydrogen-bond donors (Lipinski definition) is 2. The molecule has 1 unspecified atom stereocenters. The predicted octanol–water partition coefficient (Wildman–Crippen LogP) is 4.44. The second kappa shape index (κ2) is 9.97. The lowest BCUT2D eigenvalue weighted by Gasteiger charge is -2.45. The molecule has 0 saturated heterocycles. The van der Waals surface area contributed by atoms with E-state index in [-0.39, 0.29) is 41.4 Å². The highest BCUT2D eigenvalue weighted by molar-refractivity contribution is 5.97. The summed E-state index contributed by atoms with van der Waals surface area (Å²) in [6, 6.07) is 20.9. The van der Waals surface area contributed by atoms with Crippen molar-refractivity contribution in [1.29, 1.82) is 0 Å². The average Bonchev–Trinajstić information content (AvgIpc) is 2.90. The summed E-state index contributed by atoms with van der Waals surface area (Å²) in [5, 5.41) is 5.55. The minimum atomic E-state index is -3.01. The van der Waals surface area contributed by atoms with E-state index >= 15 is 0 Å². The molecule has 0 saturated carbocycles. The molecule has 2 bridgehead atoms. The summed E-state index contributed by atoms with van der Waals surface area (Å²) >= 11 is 0. The first-order valence-electron chi connectivity index (χ1n) is 11.8. The van der Waals surface area contributed by atoms with Gasteiger partial charge in [-0.3, -0.25) is 9.59 Å². The zero-order chi connectivity index (χ0) is 25.2. The fourth-order valence-corrected chi connectivity index (χ4v) is 5.53. The first-order chi connectivity index (χ1) is 17.5. The van der Waals surface area contributed by atoms with Gasteiger partial charge in [0.05, 0.1) is 13.7 Å². The van der Waals surface area contributed by atoms with E-state index in [4.69, 9.17) is 4.74 Å². The Balaban J connectivity index is 1.20. The number of carbonyl (C=O) groups is 2. The lowest BCUT2D eigenvalue weighted by molar-refractivity contribution is -0.120. The van der Waals surface area contributed by atoms with Gasteiger partial charge in [0.25, 0.3) is 5.91 Å². The molecule has 0 aliphatic heterocycles. The van der Waals surface area contributed by atoms with Crippen molar-refractivity contribution >= 4 is 11.8 Å². The van der Waals surface area contributed by atoms with Crippen LogP contribution in [0.1, 0.15) is 50.9 Å². The van der Waals surface area contributed by atoms with Gasteiger partial charge in [-0.2, -0.15) is 8.78 Å². The number of ether oxygens (including phenoxy) is 2. The van der Waals surface area contributed by atoms with Gasteiger partial charge in [-0.05, 0) is 52.8 Å². The van der Waals surface area contributed by atoms with Crippen LogP contribution < -0.4 is 20.1 Å². The Morgan fingerprint density at radius 2 is 1.56 bits per heavy atom. The van der Waals surface area contributed by atoms with Crippen LogP contribution in [0, 0.1) is 5.92 Å². The van der Waals surface area contributed by atoms with E-state index in [1.807, 2.05) is 0 Å². The largest absolute Gasteiger partial charge is 0.493 e. The second-order valence-electron chi connectivity index (χ2n) is 9.01. The summed E-state index contributed by atoms with van der Waals surface area (Å²) in [5.74, 6) is -0.199. The fourth-order valence-electron chi connectivity index (χ4n) is 5.53. The van der Waals surface area contributed by atoms with Crippen LogP contribution in [-0.2, 0) is 4.79 Å². The van der Waals surface area contributed by atoms with Gasteiger partial charge in [0.1, 0.15) is 0 Å². The van der Waals surface area contributed by atoms with Gasteiger partial charge in [0.15, 0.2) is 11.5 Å². The van der Waals surface area contributed by atoms with Gasteiger partial charge < -0.3 is 20.1 Å². The normalized spacial score (nSPS) is 19.3. The monoisotopic (exact) mass is 492 g/mol. The molecule has 2 N–H and O–H groups in total. The molecule has 0 aromatic heterocycles. The standard InChI is InChI=1S/C28H26F2N2O4/c1-35-24-13-16(10-11-23(24)36-28(29)30)27(34)32-15-25(33)31-14-17-12-22-18-6-2-4-8-20(18)26(17)21-9-5-3-7-19(21)22/h2-11,13,17,22,26,28H,12,14-15H2,1H3,(H,31,33)(H,32,34). The number of nitrogens with one attached hydrogen (secondary N) is 2. The summed E-state index contributed by atoms with van der Waals surface area (Å²) in [5.41, 5.74) is 5.56. The Bertz CT molecular complexity index is 1250. The maximum atomic E-state index is 12.6. The number of fused-ring (bicyclic) bond motifs is 1. The Hall–Kier alpha value is -3.94. The van der Waals surface area contributed by atoms with E-state index in [2.05, 4.69) is 63.9 Å². The minimum absolute atomic E-state index is 0.000292. The summed E-state index contributed by atoms with van der Waals surface area (Å²) in [7, 11) is 1.29. The molecule has 0 radical (unpaired) electrons. The molecule has 2 amide bonds. The van der Waals surface area contributed by atoms with Gasteiger partial charge in [-0.15, -0.1) is 0 Å². The summed E-state index contributed by atoms with van der Waals surface area (Å²) in [6.07, 6.45) is 0.957. The highest BCUT2D eigenvalue weighted by Crippen LogP contribution is 2.55. The molecule has 186 valence electrons. The van der Waals surface area contributed by atoms with Crippen LogP contribution in [0.15, 0.2) is 66.7 Å². The first kappa shape index (κ1) is 23.8. The maximum absolute atomic E-state index is 12.6. The van der Waals surface area contributed by atoms with Crippen molar-refractivity contribution < 1.29 is 27.8 Å². The zero-order valence-electron chi connectivity index (χ0n) is 19.7. The molecule has 0 heterocycles. The molecular weight excluding hydrogens is 466 g/mol. The average molecular weight is 493 g/mol. The van der Waals surface area contributed by atoms with Gasteiger partial charge in [0.2, 0.25) is 5.91 Å². The summed E-state index contributed by atoms with van der Waals surface area (Å²) in [6.45, 7) is -2.71. The van der Waals surface area contributed by atoms with Gasteiger partial charge in [0, 0.05) is 23.9 Å². The molecule has 0 spiro atoms. The molecule has 3 aliphatic carbocycles. The summed E-state index contributed by atoms with van der Waals surface area (Å²) in [4.78, 5) is 25.1. The van der Waals surface area contributed by atoms with E-state index in [1.165, 1.54) is 47.6 Å². The topological polar surface area (TPSA) is 76.7 Å². The highest BCUT2D eigenvalue weighted by Gasteiger charge is 2.42. The van der Waals surface area contributed by atoms with Gasteiger partial charge in [-0.1, -0.05) is 48.5 Å². The van der Waals surface area contributed by atoms with E-state index in [0.29, 0.717) is 12.5 Å². The third-order valence-electron chi connectivity index (χ3n) is 7.04. The van der Waals surface area contributed by atoms with Gasteiger partial charge >= 0.3 is 6.61 Å². The first-order valence-corrected chi connectivity index (χ1v) is 11.8. The molecule has 8 heteroatoms. The van der Waals surface area contributed by atoms with E-state index in [1.54, 1.807) is 0 Å². The lowest BCUT2D eigenvalue weighted by atomic mass is 9.59. The number of rotatable bonds is 8. The smallest absolute Gasteiger partial charge is 0.387 e. The third kappa shape index (κ3) is 4.51. The summed E-state index contributed by atoms with van der Waals surface area (Å²) < 4.78 is 34.4. The second-order valence-corrected chi connectivity index (χ2v) is 9.01. The zero-order valence-corrected chi connectivity index (χ0v) is 19.7. The number of hydrogen-bond acceptors (Lipinski definition) is 4. The van der Waals surface area contributed by atoms with Crippen LogP contribution in [0.4, 0.5) is 8.78 Å². The Labute approximate surface area is 207 Å². The van der Waals surface area contributed by atoms with Crippen LogP contribution in [0.25, 0.3) is 0 Å². The number of benzene rings is 3. The molecule has 3 aromatic carbocycles. The number of methoxy groups -OCH3 is 1. The Morgan fingerprint density at radius 1 is 0.917 bits per heavy atom. The van der Waals surface area contributed by atoms with E-state index in [0.717, 1.165) is 6.42 Å². The van der Waals surface area contributed by atoms with Crippen LogP contribution in [-0.4, -0.2) is 38.6 Å². The number of amides is 2.